The number of hydrogen-bond acceptors (Lipinski definition) is 4. The van der Waals surface area contributed by atoms with Gasteiger partial charge in [0.1, 0.15) is 0 Å². The summed E-state index contributed by atoms with van der Waals surface area (Å²) >= 11 is 0. The van der Waals surface area contributed by atoms with E-state index >= 15 is 0 Å². The molecule has 0 saturated heterocycles. The number of hydrogen-bond donors (Lipinski definition) is 2. The van der Waals surface area contributed by atoms with Crippen LogP contribution in [0.1, 0.15) is 25.8 Å². The van der Waals surface area contributed by atoms with Crippen LogP contribution >= 0.6 is 0 Å². The van der Waals surface area contributed by atoms with Gasteiger partial charge < -0.3 is 19.9 Å². The summed E-state index contributed by atoms with van der Waals surface area (Å²) in [5.74, 6) is 2.05. The van der Waals surface area contributed by atoms with E-state index in [4.69, 9.17) is 9.47 Å². The lowest BCUT2D eigenvalue weighted by Gasteiger charge is -2.21. The lowest BCUT2D eigenvalue weighted by Crippen LogP contribution is -2.36. The van der Waals surface area contributed by atoms with Crippen LogP contribution in [-0.4, -0.2) is 31.0 Å². The molecule has 0 unspecified atom stereocenters. The lowest BCUT2D eigenvalue weighted by molar-refractivity contribution is 0.209. The minimum Gasteiger partial charge on any atom is -0.490 e. The topological polar surface area (TPSA) is 50.7 Å². The lowest BCUT2D eigenvalue weighted by atomic mass is 10.0. The molecule has 19 heavy (non-hydrogen) atoms. The van der Waals surface area contributed by atoms with E-state index in [1.54, 1.807) is 0 Å². The van der Waals surface area contributed by atoms with Crippen molar-refractivity contribution in [2.24, 2.45) is 5.92 Å². The smallest absolute Gasteiger partial charge is 0.165 e. The molecule has 1 aromatic carbocycles. The quantitative estimate of drug-likeness (QED) is 0.854. The zero-order valence-electron chi connectivity index (χ0n) is 11.7. The van der Waals surface area contributed by atoms with Gasteiger partial charge in [-0.1, -0.05) is 26.0 Å². The number of nitrogens with one attached hydrogen (secondary N) is 1. The molecule has 0 saturated carbocycles. The van der Waals surface area contributed by atoms with Crippen LogP contribution in [0.15, 0.2) is 18.2 Å². The number of ether oxygens (including phenoxy) is 2. The summed E-state index contributed by atoms with van der Waals surface area (Å²) in [6.45, 7) is 6.41. The van der Waals surface area contributed by atoms with Gasteiger partial charge in [0.2, 0.25) is 0 Å². The molecule has 1 heterocycles. The van der Waals surface area contributed by atoms with Crippen molar-refractivity contribution in [1.29, 1.82) is 0 Å². The molecule has 0 aromatic heterocycles. The Morgan fingerprint density at radius 2 is 2.05 bits per heavy atom. The van der Waals surface area contributed by atoms with Crippen LogP contribution in [-0.2, 0) is 6.54 Å². The second-order valence-corrected chi connectivity index (χ2v) is 5.21. The first-order valence-corrected chi connectivity index (χ1v) is 6.94. The van der Waals surface area contributed by atoms with Gasteiger partial charge in [0.05, 0.1) is 19.8 Å². The molecule has 2 N–H and O–H groups in total. The number of rotatable bonds is 5. The van der Waals surface area contributed by atoms with Crippen molar-refractivity contribution >= 4 is 0 Å². The van der Waals surface area contributed by atoms with Crippen LogP contribution in [0, 0.1) is 5.92 Å². The molecule has 0 amide bonds. The van der Waals surface area contributed by atoms with E-state index in [1.807, 2.05) is 18.2 Å². The third-order valence-electron chi connectivity index (χ3n) is 3.41. The Kier molecular flexibility index (Phi) is 5.05. The van der Waals surface area contributed by atoms with E-state index in [1.165, 1.54) is 0 Å². The predicted octanol–water partition coefficient (Wildman–Crippen LogP) is 1.95. The number of para-hydroxylation sites is 1. The van der Waals surface area contributed by atoms with Crippen molar-refractivity contribution in [2.75, 3.05) is 19.8 Å². The average molecular weight is 265 g/mol. The van der Waals surface area contributed by atoms with Crippen LogP contribution in [0.3, 0.4) is 0 Å². The van der Waals surface area contributed by atoms with E-state index in [0.29, 0.717) is 25.7 Å². The molecule has 2 rings (SSSR count). The molecule has 0 aliphatic carbocycles. The highest BCUT2D eigenvalue weighted by Gasteiger charge is 2.16. The minimum absolute atomic E-state index is 0.0996. The third kappa shape index (κ3) is 3.61. The summed E-state index contributed by atoms with van der Waals surface area (Å²) in [4.78, 5) is 0. The van der Waals surface area contributed by atoms with Gasteiger partial charge >= 0.3 is 0 Å². The monoisotopic (exact) mass is 265 g/mol. The Hall–Kier alpha value is -1.26. The number of fused-ring (bicyclic) bond motifs is 1. The van der Waals surface area contributed by atoms with Gasteiger partial charge in [-0.3, -0.25) is 0 Å². The normalized spacial score (nSPS) is 16.2. The van der Waals surface area contributed by atoms with Gasteiger partial charge in [0.25, 0.3) is 0 Å². The number of aliphatic hydroxyl groups is 1. The second kappa shape index (κ2) is 6.78. The van der Waals surface area contributed by atoms with Crippen LogP contribution < -0.4 is 14.8 Å². The predicted molar refractivity (Wildman–Crippen MR) is 74.6 cm³/mol. The molecule has 4 nitrogen and oxygen atoms in total. The van der Waals surface area contributed by atoms with Crippen molar-refractivity contribution < 1.29 is 14.6 Å². The maximum atomic E-state index is 9.34. The first-order chi connectivity index (χ1) is 9.22. The molecule has 4 heteroatoms. The maximum Gasteiger partial charge on any atom is 0.165 e. The Morgan fingerprint density at radius 1 is 1.26 bits per heavy atom. The van der Waals surface area contributed by atoms with Crippen molar-refractivity contribution in [3.05, 3.63) is 23.8 Å². The van der Waals surface area contributed by atoms with Crippen LogP contribution in [0.2, 0.25) is 0 Å². The number of benzene rings is 1. The summed E-state index contributed by atoms with van der Waals surface area (Å²) in [7, 11) is 0. The molecule has 1 aromatic rings. The summed E-state index contributed by atoms with van der Waals surface area (Å²) in [5.41, 5.74) is 1.08. The molecule has 1 atom stereocenters. The molecule has 0 bridgehead atoms. The Bertz CT molecular complexity index is 406. The maximum absolute atomic E-state index is 9.34. The van der Waals surface area contributed by atoms with Gasteiger partial charge in [-0.2, -0.15) is 0 Å². The highest BCUT2D eigenvalue weighted by Crippen LogP contribution is 2.33. The molecule has 106 valence electrons. The first kappa shape index (κ1) is 14.2. The van der Waals surface area contributed by atoms with Crippen molar-refractivity contribution in [2.45, 2.75) is 32.9 Å². The van der Waals surface area contributed by atoms with Gasteiger partial charge in [-0.25, -0.2) is 0 Å². The summed E-state index contributed by atoms with van der Waals surface area (Å²) in [6, 6.07) is 6.06. The van der Waals surface area contributed by atoms with Crippen molar-refractivity contribution in [3.8, 4) is 11.5 Å². The largest absolute Gasteiger partial charge is 0.490 e. The summed E-state index contributed by atoms with van der Waals surface area (Å²) in [5, 5.41) is 12.7. The standard InChI is InChI=1S/C15H23NO3/c1-11(2)13(10-17)16-9-12-5-3-6-14-15(12)19-8-4-7-18-14/h3,5-6,11,13,16-17H,4,7-10H2,1-2H3/t13-/m1/s1. The summed E-state index contributed by atoms with van der Waals surface area (Å²) < 4.78 is 11.4. The SMILES string of the molecule is CC(C)[C@@H](CO)NCc1cccc2c1OCCCO2. The Balaban J connectivity index is 2.08. The zero-order chi connectivity index (χ0) is 13.7. The minimum atomic E-state index is 0.0996. The summed E-state index contributed by atoms with van der Waals surface area (Å²) in [6.07, 6.45) is 0.910. The molecule has 0 spiro atoms. The van der Waals surface area contributed by atoms with Crippen molar-refractivity contribution in [3.63, 3.8) is 0 Å². The fourth-order valence-electron chi connectivity index (χ4n) is 2.15. The molecule has 1 aliphatic rings. The zero-order valence-corrected chi connectivity index (χ0v) is 11.7. The fraction of sp³-hybridized carbons (Fsp3) is 0.600. The Morgan fingerprint density at radius 3 is 2.79 bits per heavy atom. The molecular weight excluding hydrogens is 242 g/mol. The highest BCUT2D eigenvalue weighted by molar-refractivity contribution is 5.47. The second-order valence-electron chi connectivity index (χ2n) is 5.21. The number of aliphatic hydroxyl groups excluding tert-OH is 1. The average Bonchev–Trinajstić information content (AvgIpc) is 2.64. The van der Waals surface area contributed by atoms with E-state index in [9.17, 15) is 5.11 Å². The van der Waals surface area contributed by atoms with E-state index < -0.39 is 0 Å². The Labute approximate surface area is 114 Å². The third-order valence-corrected chi connectivity index (χ3v) is 3.41. The molecule has 0 radical (unpaired) electrons. The van der Waals surface area contributed by atoms with Gasteiger partial charge in [0.15, 0.2) is 11.5 Å². The van der Waals surface area contributed by atoms with Crippen LogP contribution in [0.25, 0.3) is 0 Å². The van der Waals surface area contributed by atoms with Gasteiger partial charge in [0, 0.05) is 24.6 Å². The van der Waals surface area contributed by atoms with E-state index in [2.05, 4.69) is 19.2 Å². The van der Waals surface area contributed by atoms with E-state index in [0.717, 1.165) is 23.5 Å². The van der Waals surface area contributed by atoms with Gasteiger partial charge in [-0.15, -0.1) is 0 Å². The molecular formula is C15H23NO3. The first-order valence-electron chi connectivity index (χ1n) is 6.94. The molecule has 0 fully saturated rings. The fourth-order valence-corrected chi connectivity index (χ4v) is 2.15. The van der Waals surface area contributed by atoms with Crippen LogP contribution in [0.4, 0.5) is 0 Å². The van der Waals surface area contributed by atoms with E-state index in [-0.39, 0.29) is 12.6 Å². The molecule has 1 aliphatic heterocycles. The van der Waals surface area contributed by atoms with Crippen LogP contribution in [0.5, 0.6) is 11.5 Å². The van der Waals surface area contributed by atoms with Gasteiger partial charge in [-0.05, 0) is 12.0 Å². The van der Waals surface area contributed by atoms with Crippen molar-refractivity contribution in [1.82, 2.24) is 5.32 Å². The highest BCUT2D eigenvalue weighted by atomic mass is 16.5.